The van der Waals surface area contributed by atoms with Crippen LogP contribution in [0.2, 0.25) is 0 Å². The first-order valence-electron chi connectivity index (χ1n) is 6.17. The van der Waals surface area contributed by atoms with E-state index in [1.165, 1.54) is 18.2 Å². The van der Waals surface area contributed by atoms with E-state index in [1.54, 1.807) is 6.92 Å². The van der Waals surface area contributed by atoms with E-state index >= 15 is 0 Å². The molecule has 0 fully saturated rings. The van der Waals surface area contributed by atoms with Crippen molar-refractivity contribution in [3.8, 4) is 5.75 Å². The van der Waals surface area contributed by atoms with Crippen molar-refractivity contribution < 1.29 is 14.3 Å². The Balaban J connectivity index is 1.86. The highest BCUT2D eigenvalue weighted by atomic mass is 16.5. The quantitative estimate of drug-likeness (QED) is 0.820. The summed E-state index contributed by atoms with van der Waals surface area (Å²) in [6.07, 6.45) is 0.978. The molecule has 4 heteroatoms. The third kappa shape index (κ3) is 2.82. The first kappa shape index (κ1) is 12.9. The molecule has 4 nitrogen and oxygen atoms in total. The predicted molar refractivity (Wildman–Crippen MR) is 68.8 cm³/mol. The number of carbonyl (C=O) groups is 1. The molecule has 0 amide bonds. The number of aryl methyl sites for hydroxylation is 1. The summed E-state index contributed by atoms with van der Waals surface area (Å²) in [6.45, 7) is 4.51. The molecule has 0 spiro atoms. The minimum absolute atomic E-state index is 0.0916. The maximum atomic E-state index is 11.3. The Kier molecular flexibility index (Phi) is 3.87. The molecule has 2 atom stereocenters. The standard InChI is InChI=1S/C14H19NO3/c1-9-4-5-13-11(6-9)7-12(18-13)8-15-10(2)14(16)17-3/h4-6,10,12,15H,7-8H2,1-3H3. The van der Waals surface area contributed by atoms with Crippen molar-refractivity contribution in [3.05, 3.63) is 29.3 Å². The maximum absolute atomic E-state index is 11.3. The van der Waals surface area contributed by atoms with Gasteiger partial charge in [-0.25, -0.2) is 0 Å². The minimum atomic E-state index is -0.302. The van der Waals surface area contributed by atoms with Crippen LogP contribution in [-0.2, 0) is 16.0 Å². The SMILES string of the molecule is COC(=O)C(C)NCC1Cc2cc(C)ccc2O1. The largest absolute Gasteiger partial charge is 0.488 e. The smallest absolute Gasteiger partial charge is 0.322 e. The van der Waals surface area contributed by atoms with Gasteiger partial charge in [0.15, 0.2) is 0 Å². The van der Waals surface area contributed by atoms with Gasteiger partial charge < -0.3 is 14.8 Å². The summed E-state index contributed by atoms with van der Waals surface area (Å²) >= 11 is 0. The summed E-state index contributed by atoms with van der Waals surface area (Å²) in [6, 6.07) is 5.91. The Morgan fingerprint density at radius 1 is 1.61 bits per heavy atom. The zero-order valence-electron chi connectivity index (χ0n) is 11.0. The van der Waals surface area contributed by atoms with E-state index < -0.39 is 0 Å². The van der Waals surface area contributed by atoms with Gasteiger partial charge in [-0.2, -0.15) is 0 Å². The van der Waals surface area contributed by atoms with Crippen LogP contribution in [0.5, 0.6) is 5.75 Å². The lowest BCUT2D eigenvalue weighted by Crippen LogP contribution is -2.40. The lowest BCUT2D eigenvalue weighted by atomic mass is 10.1. The fourth-order valence-electron chi connectivity index (χ4n) is 2.13. The third-order valence-electron chi connectivity index (χ3n) is 3.16. The van der Waals surface area contributed by atoms with Gasteiger partial charge in [-0.05, 0) is 25.5 Å². The molecule has 1 N–H and O–H groups in total. The molecule has 1 aliphatic heterocycles. The van der Waals surface area contributed by atoms with E-state index in [0.29, 0.717) is 6.54 Å². The fourth-order valence-corrected chi connectivity index (χ4v) is 2.13. The van der Waals surface area contributed by atoms with Crippen LogP contribution < -0.4 is 10.1 Å². The number of hydrogen-bond donors (Lipinski definition) is 1. The van der Waals surface area contributed by atoms with Gasteiger partial charge in [0, 0.05) is 13.0 Å². The van der Waals surface area contributed by atoms with Crippen molar-refractivity contribution in [1.29, 1.82) is 0 Å². The number of ether oxygens (including phenoxy) is 2. The second kappa shape index (κ2) is 5.40. The third-order valence-corrected chi connectivity index (χ3v) is 3.16. The molecule has 1 aliphatic rings. The van der Waals surface area contributed by atoms with E-state index in [2.05, 4.69) is 23.0 Å². The van der Waals surface area contributed by atoms with Crippen molar-refractivity contribution in [3.63, 3.8) is 0 Å². The van der Waals surface area contributed by atoms with Gasteiger partial charge in [-0.3, -0.25) is 4.79 Å². The van der Waals surface area contributed by atoms with Crippen molar-refractivity contribution in [2.24, 2.45) is 0 Å². The lowest BCUT2D eigenvalue weighted by molar-refractivity contribution is -0.142. The van der Waals surface area contributed by atoms with Gasteiger partial charge in [0.2, 0.25) is 0 Å². The van der Waals surface area contributed by atoms with Gasteiger partial charge in [0.1, 0.15) is 17.9 Å². The minimum Gasteiger partial charge on any atom is -0.488 e. The van der Waals surface area contributed by atoms with Gasteiger partial charge in [-0.1, -0.05) is 17.7 Å². The van der Waals surface area contributed by atoms with E-state index in [4.69, 9.17) is 4.74 Å². The Morgan fingerprint density at radius 3 is 3.11 bits per heavy atom. The molecule has 0 aliphatic carbocycles. The average molecular weight is 249 g/mol. The second-order valence-electron chi connectivity index (χ2n) is 4.71. The number of esters is 1. The van der Waals surface area contributed by atoms with Gasteiger partial charge in [0.25, 0.3) is 0 Å². The summed E-state index contributed by atoms with van der Waals surface area (Å²) in [5.41, 5.74) is 2.49. The van der Waals surface area contributed by atoms with Crippen LogP contribution in [0.15, 0.2) is 18.2 Å². The molecule has 98 valence electrons. The number of rotatable bonds is 4. The Bertz CT molecular complexity index is 445. The fraction of sp³-hybridized carbons (Fsp3) is 0.500. The summed E-state index contributed by atoms with van der Waals surface area (Å²) < 4.78 is 10.5. The van der Waals surface area contributed by atoms with Gasteiger partial charge in [0.05, 0.1) is 7.11 Å². The topological polar surface area (TPSA) is 47.6 Å². The number of nitrogens with one attached hydrogen (secondary N) is 1. The van der Waals surface area contributed by atoms with Crippen LogP contribution in [0.4, 0.5) is 0 Å². The molecule has 2 unspecified atom stereocenters. The molecule has 2 rings (SSSR count). The first-order chi connectivity index (χ1) is 8.60. The molecule has 1 aromatic rings. The van der Waals surface area contributed by atoms with Crippen LogP contribution >= 0.6 is 0 Å². The van der Waals surface area contributed by atoms with Gasteiger partial charge >= 0.3 is 5.97 Å². The Labute approximate surface area is 107 Å². The molecular formula is C14H19NO3. The number of carbonyl (C=O) groups excluding carboxylic acids is 1. The van der Waals surface area contributed by atoms with E-state index in [-0.39, 0.29) is 18.1 Å². The van der Waals surface area contributed by atoms with Crippen molar-refractivity contribution >= 4 is 5.97 Å². The Morgan fingerprint density at radius 2 is 2.39 bits per heavy atom. The summed E-state index contributed by atoms with van der Waals surface area (Å²) in [7, 11) is 1.39. The second-order valence-corrected chi connectivity index (χ2v) is 4.71. The normalized spacial score (nSPS) is 18.9. The van der Waals surface area contributed by atoms with E-state index in [9.17, 15) is 4.79 Å². The molecule has 0 radical (unpaired) electrons. The molecular weight excluding hydrogens is 230 g/mol. The zero-order valence-corrected chi connectivity index (χ0v) is 11.0. The average Bonchev–Trinajstić information content (AvgIpc) is 2.76. The van der Waals surface area contributed by atoms with Crippen molar-refractivity contribution in [2.75, 3.05) is 13.7 Å². The highest BCUT2D eigenvalue weighted by molar-refractivity contribution is 5.75. The number of methoxy groups -OCH3 is 1. The van der Waals surface area contributed by atoms with Crippen LogP contribution in [-0.4, -0.2) is 31.8 Å². The molecule has 18 heavy (non-hydrogen) atoms. The first-order valence-corrected chi connectivity index (χ1v) is 6.17. The van der Waals surface area contributed by atoms with E-state index in [1.807, 2.05) is 12.1 Å². The predicted octanol–water partition coefficient (Wildman–Crippen LogP) is 1.45. The van der Waals surface area contributed by atoms with Crippen LogP contribution in [0, 0.1) is 6.92 Å². The molecule has 0 bridgehead atoms. The molecule has 0 aromatic heterocycles. The number of hydrogen-bond acceptors (Lipinski definition) is 4. The number of fused-ring (bicyclic) bond motifs is 1. The molecule has 0 saturated heterocycles. The molecule has 1 aromatic carbocycles. The summed E-state index contributed by atoms with van der Waals surface area (Å²) in [4.78, 5) is 11.3. The van der Waals surface area contributed by atoms with E-state index in [0.717, 1.165) is 12.2 Å². The monoisotopic (exact) mass is 249 g/mol. The lowest BCUT2D eigenvalue weighted by Gasteiger charge is -2.15. The van der Waals surface area contributed by atoms with Crippen LogP contribution in [0.3, 0.4) is 0 Å². The number of benzene rings is 1. The van der Waals surface area contributed by atoms with Crippen LogP contribution in [0.25, 0.3) is 0 Å². The summed E-state index contributed by atoms with van der Waals surface area (Å²) in [5.74, 6) is 0.708. The van der Waals surface area contributed by atoms with Crippen LogP contribution in [0.1, 0.15) is 18.1 Å². The maximum Gasteiger partial charge on any atom is 0.322 e. The summed E-state index contributed by atoms with van der Waals surface area (Å²) in [5, 5.41) is 3.13. The molecule has 0 saturated carbocycles. The molecule has 1 heterocycles. The van der Waals surface area contributed by atoms with Crippen molar-refractivity contribution in [2.45, 2.75) is 32.4 Å². The highest BCUT2D eigenvalue weighted by Gasteiger charge is 2.24. The van der Waals surface area contributed by atoms with Crippen molar-refractivity contribution in [1.82, 2.24) is 5.32 Å². The Hall–Kier alpha value is -1.55. The highest BCUT2D eigenvalue weighted by Crippen LogP contribution is 2.29. The zero-order chi connectivity index (χ0) is 13.1. The van der Waals surface area contributed by atoms with Gasteiger partial charge in [-0.15, -0.1) is 0 Å².